The molecule has 0 aliphatic rings. The smallest absolute Gasteiger partial charge is 0.251 e. The van der Waals surface area contributed by atoms with E-state index in [4.69, 9.17) is 4.74 Å². The Balaban J connectivity index is 2.49. The Morgan fingerprint density at radius 2 is 1.94 bits per heavy atom. The van der Waals surface area contributed by atoms with E-state index in [-0.39, 0.29) is 18.9 Å². The maximum atomic E-state index is 11.5. The standard InChI is InChI=1S/C11H13NO4/c1-16-9-4-2-8(3-5-9)11(15)12-7-6-10(13)14/h2-5H,6-7H2,1H3,(H,12,15)(H,13,14)/p-1. The van der Waals surface area contributed by atoms with Gasteiger partial charge in [0, 0.05) is 24.5 Å². The Morgan fingerprint density at radius 3 is 2.44 bits per heavy atom. The molecule has 5 heteroatoms. The van der Waals surface area contributed by atoms with Gasteiger partial charge in [-0.15, -0.1) is 0 Å². The second kappa shape index (κ2) is 5.75. The van der Waals surface area contributed by atoms with Gasteiger partial charge in [0.05, 0.1) is 7.11 Å². The summed E-state index contributed by atoms with van der Waals surface area (Å²) in [5.74, 6) is -0.842. The number of carboxylic acid groups (broad SMARTS) is 1. The van der Waals surface area contributed by atoms with E-state index in [1.54, 1.807) is 24.3 Å². The van der Waals surface area contributed by atoms with Gasteiger partial charge in [-0.05, 0) is 24.3 Å². The summed E-state index contributed by atoms with van der Waals surface area (Å²) in [7, 11) is 1.54. The molecule has 1 amide bonds. The van der Waals surface area contributed by atoms with Crippen LogP contribution in [0, 0.1) is 0 Å². The first-order chi connectivity index (χ1) is 7.63. The van der Waals surface area contributed by atoms with Crippen LogP contribution >= 0.6 is 0 Å². The van der Waals surface area contributed by atoms with Crippen molar-refractivity contribution in [1.82, 2.24) is 5.32 Å². The lowest BCUT2D eigenvalue weighted by Crippen LogP contribution is -2.30. The molecular formula is C11H12NO4-. The van der Waals surface area contributed by atoms with E-state index >= 15 is 0 Å². The van der Waals surface area contributed by atoms with Gasteiger partial charge in [-0.2, -0.15) is 0 Å². The van der Waals surface area contributed by atoms with Crippen LogP contribution < -0.4 is 15.2 Å². The lowest BCUT2D eigenvalue weighted by Gasteiger charge is -2.06. The van der Waals surface area contributed by atoms with Crippen molar-refractivity contribution >= 4 is 11.9 Å². The maximum absolute atomic E-state index is 11.5. The summed E-state index contributed by atoms with van der Waals surface area (Å²) in [5.41, 5.74) is 0.458. The topological polar surface area (TPSA) is 78.5 Å². The van der Waals surface area contributed by atoms with E-state index in [0.29, 0.717) is 11.3 Å². The number of methoxy groups -OCH3 is 1. The number of hydrogen-bond donors (Lipinski definition) is 1. The number of carbonyl (C=O) groups is 2. The summed E-state index contributed by atoms with van der Waals surface area (Å²) < 4.78 is 4.94. The minimum absolute atomic E-state index is 0.0627. The molecule has 16 heavy (non-hydrogen) atoms. The molecule has 0 aliphatic carbocycles. The van der Waals surface area contributed by atoms with Gasteiger partial charge in [0.25, 0.3) is 5.91 Å². The molecule has 0 heterocycles. The zero-order valence-electron chi connectivity index (χ0n) is 8.86. The molecule has 0 bridgehead atoms. The van der Waals surface area contributed by atoms with Gasteiger partial charge in [0.1, 0.15) is 5.75 Å². The number of hydrogen-bond acceptors (Lipinski definition) is 4. The predicted octanol–water partition coefficient (Wildman–Crippen LogP) is -0.435. The van der Waals surface area contributed by atoms with Crippen molar-refractivity contribution in [2.24, 2.45) is 0 Å². The molecule has 0 spiro atoms. The molecule has 0 aromatic heterocycles. The van der Waals surface area contributed by atoms with Crippen LogP contribution in [0.2, 0.25) is 0 Å². The second-order valence-corrected chi connectivity index (χ2v) is 3.11. The monoisotopic (exact) mass is 222 g/mol. The van der Waals surface area contributed by atoms with Gasteiger partial charge in [-0.1, -0.05) is 0 Å². The van der Waals surface area contributed by atoms with Gasteiger partial charge in [-0.3, -0.25) is 4.79 Å². The van der Waals surface area contributed by atoms with Crippen molar-refractivity contribution in [3.8, 4) is 5.75 Å². The quantitative estimate of drug-likeness (QED) is 0.732. The summed E-state index contributed by atoms with van der Waals surface area (Å²) in [6, 6.07) is 6.53. The molecule has 1 aromatic rings. The molecule has 0 aliphatic heterocycles. The van der Waals surface area contributed by atoms with Gasteiger partial charge in [0.2, 0.25) is 0 Å². The van der Waals surface area contributed by atoms with E-state index in [1.807, 2.05) is 0 Å². The average molecular weight is 222 g/mol. The van der Waals surface area contributed by atoms with Crippen molar-refractivity contribution in [2.75, 3.05) is 13.7 Å². The SMILES string of the molecule is COc1ccc(C(=O)NCCC(=O)[O-])cc1. The fourth-order valence-electron chi connectivity index (χ4n) is 1.12. The van der Waals surface area contributed by atoms with Crippen LogP contribution in [-0.2, 0) is 4.79 Å². The van der Waals surface area contributed by atoms with E-state index in [2.05, 4.69) is 5.32 Å². The molecule has 0 saturated heterocycles. The molecule has 5 nitrogen and oxygen atoms in total. The molecule has 0 radical (unpaired) electrons. The fourth-order valence-corrected chi connectivity index (χ4v) is 1.12. The normalized spacial score (nSPS) is 9.56. The van der Waals surface area contributed by atoms with E-state index < -0.39 is 5.97 Å². The van der Waals surface area contributed by atoms with Crippen LogP contribution in [0.25, 0.3) is 0 Å². The maximum Gasteiger partial charge on any atom is 0.251 e. The average Bonchev–Trinajstić information content (AvgIpc) is 2.28. The first kappa shape index (κ1) is 12.0. The number of carboxylic acids is 1. The molecule has 0 atom stereocenters. The molecular weight excluding hydrogens is 210 g/mol. The van der Waals surface area contributed by atoms with Crippen LogP contribution in [0.3, 0.4) is 0 Å². The van der Waals surface area contributed by atoms with Crippen molar-refractivity contribution in [3.05, 3.63) is 29.8 Å². The zero-order chi connectivity index (χ0) is 12.0. The Bertz CT molecular complexity index is 372. The van der Waals surface area contributed by atoms with Crippen molar-refractivity contribution in [3.63, 3.8) is 0 Å². The summed E-state index contributed by atoms with van der Waals surface area (Å²) in [6.45, 7) is 0.0627. The van der Waals surface area contributed by atoms with Gasteiger partial charge in [0.15, 0.2) is 0 Å². The summed E-state index contributed by atoms with van der Waals surface area (Å²) in [6.07, 6.45) is -0.193. The zero-order valence-corrected chi connectivity index (χ0v) is 8.86. The van der Waals surface area contributed by atoms with Crippen molar-refractivity contribution in [2.45, 2.75) is 6.42 Å². The number of ether oxygens (including phenoxy) is 1. The number of amides is 1. The molecule has 1 rings (SSSR count). The van der Waals surface area contributed by atoms with E-state index in [9.17, 15) is 14.7 Å². The summed E-state index contributed by atoms with van der Waals surface area (Å²) in [4.78, 5) is 21.6. The third-order valence-electron chi connectivity index (χ3n) is 1.97. The van der Waals surface area contributed by atoms with Crippen molar-refractivity contribution < 1.29 is 19.4 Å². The highest BCUT2D eigenvalue weighted by atomic mass is 16.5. The van der Waals surface area contributed by atoms with E-state index in [0.717, 1.165) is 0 Å². The first-order valence-corrected chi connectivity index (χ1v) is 4.75. The number of rotatable bonds is 5. The lowest BCUT2D eigenvalue weighted by molar-refractivity contribution is -0.305. The number of aliphatic carboxylic acids is 1. The minimum atomic E-state index is -1.19. The van der Waals surface area contributed by atoms with Crippen molar-refractivity contribution in [1.29, 1.82) is 0 Å². The van der Waals surface area contributed by atoms with Gasteiger partial charge < -0.3 is 20.0 Å². The third kappa shape index (κ3) is 3.61. The largest absolute Gasteiger partial charge is 0.550 e. The second-order valence-electron chi connectivity index (χ2n) is 3.11. The van der Waals surface area contributed by atoms with E-state index in [1.165, 1.54) is 7.11 Å². The molecule has 1 N–H and O–H groups in total. The first-order valence-electron chi connectivity index (χ1n) is 4.75. The Kier molecular flexibility index (Phi) is 4.32. The third-order valence-corrected chi connectivity index (χ3v) is 1.97. The highest BCUT2D eigenvalue weighted by molar-refractivity contribution is 5.94. The number of nitrogens with one attached hydrogen (secondary N) is 1. The number of benzene rings is 1. The Hall–Kier alpha value is -2.04. The van der Waals surface area contributed by atoms with Crippen LogP contribution in [0.1, 0.15) is 16.8 Å². The molecule has 0 unspecified atom stereocenters. The van der Waals surface area contributed by atoms with Crippen LogP contribution in [0.5, 0.6) is 5.75 Å². The Labute approximate surface area is 93.0 Å². The predicted molar refractivity (Wildman–Crippen MR) is 55.0 cm³/mol. The highest BCUT2D eigenvalue weighted by Crippen LogP contribution is 2.10. The molecule has 86 valence electrons. The molecule has 0 saturated carbocycles. The summed E-state index contributed by atoms with van der Waals surface area (Å²) in [5, 5.41) is 12.6. The molecule has 0 fully saturated rings. The van der Waals surface area contributed by atoms with Gasteiger partial charge >= 0.3 is 0 Å². The van der Waals surface area contributed by atoms with Crippen LogP contribution in [-0.4, -0.2) is 25.5 Å². The lowest BCUT2D eigenvalue weighted by atomic mass is 10.2. The summed E-state index contributed by atoms with van der Waals surface area (Å²) >= 11 is 0. The fraction of sp³-hybridized carbons (Fsp3) is 0.273. The minimum Gasteiger partial charge on any atom is -0.550 e. The highest BCUT2D eigenvalue weighted by Gasteiger charge is 2.04. The van der Waals surface area contributed by atoms with Crippen LogP contribution in [0.15, 0.2) is 24.3 Å². The molecule has 1 aromatic carbocycles. The Morgan fingerprint density at radius 1 is 1.31 bits per heavy atom. The van der Waals surface area contributed by atoms with Gasteiger partial charge in [-0.25, -0.2) is 0 Å². The number of carbonyl (C=O) groups excluding carboxylic acids is 2. The van der Waals surface area contributed by atoms with Crippen LogP contribution in [0.4, 0.5) is 0 Å².